The van der Waals surface area contributed by atoms with E-state index in [0.29, 0.717) is 42.4 Å². The zero-order chi connectivity index (χ0) is 35.5. The fraction of sp³-hybridized carbons (Fsp3) is 0.314. The van der Waals surface area contributed by atoms with Gasteiger partial charge in [-0.3, -0.25) is 14.2 Å². The molecule has 1 N–H and O–H groups in total. The molecule has 50 heavy (non-hydrogen) atoms. The van der Waals surface area contributed by atoms with Gasteiger partial charge in [-0.05, 0) is 42.7 Å². The average Bonchev–Trinajstić information content (AvgIpc) is 3.80. The van der Waals surface area contributed by atoms with Crippen molar-refractivity contribution in [2.45, 2.75) is 49.2 Å². The van der Waals surface area contributed by atoms with Crippen LogP contribution in [0, 0.1) is 0 Å². The fourth-order valence-corrected chi connectivity index (χ4v) is 8.23. The number of ether oxygens (including phenoxy) is 2. The summed E-state index contributed by atoms with van der Waals surface area (Å²) in [6, 6.07) is 21.0. The number of nitrogens with one attached hydrogen (secondary N) is 1. The summed E-state index contributed by atoms with van der Waals surface area (Å²) in [5, 5.41) is 3.26. The van der Waals surface area contributed by atoms with E-state index in [1.54, 1.807) is 29.2 Å². The molecular weight excluding hydrogens is 689 g/mol. The zero-order valence-electron chi connectivity index (χ0n) is 27.3. The van der Waals surface area contributed by atoms with Gasteiger partial charge in [-0.1, -0.05) is 59.9 Å². The molecule has 0 saturated carbocycles. The molecule has 1 saturated heterocycles. The van der Waals surface area contributed by atoms with Gasteiger partial charge in [0, 0.05) is 31.1 Å². The number of benzene rings is 3. The number of sulfone groups is 1. The van der Waals surface area contributed by atoms with Gasteiger partial charge in [0.05, 0.1) is 31.4 Å². The van der Waals surface area contributed by atoms with Crippen LogP contribution in [-0.4, -0.2) is 61.4 Å². The Balaban J connectivity index is 1.37. The Morgan fingerprint density at radius 2 is 1.74 bits per heavy atom. The van der Waals surface area contributed by atoms with Crippen molar-refractivity contribution in [3.8, 4) is 11.5 Å². The Kier molecular flexibility index (Phi) is 10.2. The third kappa shape index (κ3) is 7.33. The number of alkyl halides is 2. The second-order valence-corrected chi connectivity index (χ2v) is 14.9. The zero-order valence-corrected chi connectivity index (χ0v) is 29.0. The van der Waals surface area contributed by atoms with E-state index < -0.39 is 45.4 Å². The Bertz CT molecular complexity index is 2160. The van der Waals surface area contributed by atoms with Gasteiger partial charge in [-0.15, -0.1) is 0 Å². The monoisotopic (exact) mass is 723 g/mol. The highest BCUT2D eigenvalue weighted by Crippen LogP contribution is 2.36. The molecule has 3 aromatic carbocycles. The summed E-state index contributed by atoms with van der Waals surface area (Å²) >= 11 is 0.940. The van der Waals surface area contributed by atoms with E-state index in [2.05, 4.69) is 15.3 Å². The van der Waals surface area contributed by atoms with Crippen molar-refractivity contribution in [1.82, 2.24) is 19.9 Å². The van der Waals surface area contributed by atoms with Crippen LogP contribution in [0.3, 0.4) is 0 Å². The number of hydrogen-bond donors (Lipinski definition) is 1. The van der Waals surface area contributed by atoms with E-state index in [4.69, 9.17) is 9.47 Å². The highest BCUT2D eigenvalue weighted by Gasteiger charge is 2.40. The van der Waals surface area contributed by atoms with Gasteiger partial charge in [0.25, 0.3) is 5.56 Å². The largest absolute Gasteiger partial charge is 0.497 e. The first-order valence-electron chi connectivity index (χ1n) is 15.9. The molecule has 1 unspecified atom stereocenters. The average molecular weight is 724 g/mol. The summed E-state index contributed by atoms with van der Waals surface area (Å²) in [4.78, 5) is 37.8. The predicted octanol–water partition coefficient (Wildman–Crippen LogP) is 5.16. The van der Waals surface area contributed by atoms with E-state index in [9.17, 15) is 18.0 Å². The number of hydrogen-bond acceptors (Lipinski definition) is 10. The van der Waals surface area contributed by atoms with Crippen molar-refractivity contribution >= 4 is 42.6 Å². The Labute approximate surface area is 291 Å². The van der Waals surface area contributed by atoms with Gasteiger partial charge in [-0.25, -0.2) is 18.4 Å². The predicted molar refractivity (Wildman–Crippen MR) is 186 cm³/mol. The summed E-state index contributed by atoms with van der Waals surface area (Å²) in [6.07, 6.45) is 0.113. The molecule has 1 aliphatic rings. The minimum absolute atomic E-state index is 0.0427. The van der Waals surface area contributed by atoms with Crippen LogP contribution in [0.25, 0.3) is 10.3 Å². The van der Waals surface area contributed by atoms with Crippen molar-refractivity contribution < 1.29 is 31.5 Å². The van der Waals surface area contributed by atoms with Gasteiger partial charge >= 0.3 is 5.92 Å². The standard InChI is InChI=1S/C35H35F2N5O6S2/c1-47-25-16-15-24(28(20-25)48-2)22-42-32(44)29-31(40-33(42)35(36,37)17-19-50(45,46)26-12-7-4-8-13-26)49-34(39-29)41-18-9-14-27(41)30(43)38-21-23-10-5-3-6-11-23/h3-8,10-13,15-16,20,27H,9,14,17-19,21-22H2,1-2H3,(H,38,43). The third-order valence-corrected chi connectivity index (χ3v) is 11.3. The number of methoxy groups -OCH3 is 2. The molecule has 2 aromatic heterocycles. The second-order valence-electron chi connectivity index (χ2n) is 11.8. The number of carbonyl (C=O) groups excluding carboxylic acids is 1. The van der Waals surface area contributed by atoms with Gasteiger partial charge in [-0.2, -0.15) is 8.78 Å². The lowest BCUT2D eigenvalue weighted by Gasteiger charge is -2.23. The lowest BCUT2D eigenvalue weighted by molar-refractivity contribution is -0.122. The molecular formula is C35H35F2N5O6S2. The number of thiazole rings is 1. The number of carbonyl (C=O) groups is 1. The Morgan fingerprint density at radius 3 is 2.44 bits per heavy atom. The van der Waals surface area contributed by atoms with Crippen molar-refractivity contribution in [3.05, 3.63) is 106 Å². The maximum Gasteiger partial charge on any atom is 0.306 e. The van der Waals surface area contributed by atoms with Crippen molar-refractivity contribution in [1.29, 1.82) is 0 Å². The first-order chi connectivity index (χ1) is 24.0. The molecule has 1 fully saturated rings. The molecule has 3 heterocycles. The van der Waals surface area contributed by atoms with Gasteiger partial charge < -0.3 is 19.7 Å². The number of anilines is 1. The van der Waals surface area contributed by atoms with Crippen molar-refractivity contribution in [3.63, 3.8) is 0 Å². The lowest BCUT2D eigenvalue weighted by atomic mass is 10.1. The summed E-state index contributed by atoms with van der Waals surface area (Å²) in [7, 11) is -1.20. The van der Waals surface area contributed by atoms with E-state index in [0.717, 1.165) is 21.5 Å². The molecule has 0 radical (unpaired) electrons. The minimum atomic E-state index is -4.07. The van der Waals surface area contributed by atoms with Crippen LogP contribution >= 0.6 is 11.3 Å². The first-order valence-corrected chi connectivity index (χ1v) is 18.3. The molecule has 5 aromatic rings. The highest BCUT2D eigenvalue weighted by molar-refractivity contribution is 7.91. The van der Waals surface area contributed by atoms with Crippen LogP contribution in [0.15, 0.2) is 88.6 Å². The molecule has 1 amide bonds. The number of aromatic nitrogens is 3. The van der Waals surface area contributed by atoms with Crippen LogP contribution in [-0.2, 0) is 33.6 Å². The molecule has 1 atom stereocenters. The lowest BCUT2D eigenvalue weighted by Crippen LogP contribution is -2.43. The fourth-order valence-electron chi connectivity index (χ4n) is 5.89. The molecule has 0 aliphatic carbocycles. The van der Waals surface area contributed by atoms with Gasteiger partial charge in [0.1, 0.15) is 17.5 Å². The number of fused-ring (bicyclic) bond motifs is 1. The second kappa shape index (κ2) is 14.5. The molecule has 1 aliphatic heterocycles. The van der Waals surface area contributed by atoms with E-state index >= 15 is 8.78 Å². The maximum absolute atomic E-state index is 16.3. The molecule has 11 nitrogen and oxygen atoms in total. The maximum atomic E-state index is 16.3. The van der Waals surface area contributed by atoms with Crippen LogP contribution in [0.1, 0.15) is 36.2 Å². The number of amides is 1. The number of nitrogens with zero attached hydrogens (tertiary/aromatic N) is 4. The molecule has 6 rings (SSSR count). The van der Waals surface area contributed by atoms with Crippen LogP contribution in [0.2, 0.25) is 0 Å². The van der Waals surface area contributed by atoms with Crippen molar-refractivity contribution in [2.24, 2.45) is 0 Å². The molecule has 262 valence electrons. The number of rotatable bonds is 13. The summed E-state index contributed by atoms with van der Waals surface area (Å²) in [6.45, 7) is 0.441. The Hall–Kier alpha value is -4.89. The number of halogens is 2. The molecule has 15 heteroatoms. The van der Waals surface area contributed by atoms with Gasteiger partial charge in [0.2, 0.25) is 5.91 Å². The van der Waals surface area contributed by atoms with E-state index in [-0.39, 0.29) is 33.4 Å². The Morgan fingerprint density at radius 1 is 1.02 bits per heavy atom. The normalized spacial score (nSPS) is 15.0. The smallest absolute Gasteiger partial charge is 0.306 e. The van der Waals surface area contributed by atoms with Gasteiger partial charge in [0.15, 0.2) is 31.1 Å². The van der Waals surface area contributed by atoms with Crippen LogP contribution < -0.4 is 25.2 Å². The van der Waals surface area contributed by atoms with E-state index in [1.807, 2.05) is 30.3 Å². The summed E-state index contributed by atoms with van der Waals surface area (Å²) in [5.74, 6) is -5.09. The van der Waals surface area contributed by atoms with Crippen LogP contribution in [0.5, 0.6) is 11.5 Å². The minimum Gasteiger partial charge on any atom is -0.497 e. The molecule has 0 bridgehead atoms. The summed E-state index contributed by atoms with van der Waals surface area (Å²) < 4.78 is 70.0. The van der Waals surface area contributed by atoms with Crippen molar-refractivity contribution in [2.75, 3.05) is 31.4 Å². The van der Waals surface area contributed by atoms with E-state index in [1.165, 1.54) is 38.5 Å². The quantitative estimate of drug-likeness (QED) is 0.175. The molecule has 0 spiro atoms. The summed E-state index contributed by atoms with van der Waals surface area (Å²) in [5.41, 5.74) is 0.355. The van der Waals surface area contributed by atoms with Crippen LogP contribution in [0.4, 0.5) is 13.9 Å². The highest BCUT2D eigenvalue weighted by atomic mass is 32.2. The topological polar surface area (TPSA) is 133 Å². The SMILES string of the molecule is COc1ccc(Cn2c(C(F)(F)CCS(=O)(=O)c3ccccc3)nc3sc(N4CCCC4C(=O)NCc4ccccc4)nc3c2=O)c(OC)c1. The third-order valence-electron chi connectivity index (χ3n) is 8.56. The first kappa shape index (κ1) is 35.0.